The Bertz CT molecular complexity index is 1060. The summed E-state index contributed by atoms with van der Waals surface area (Å²) in [6, 6.07) is 6.62. The third-order valence-electron chi connectivity index (χ3n) is 9.97. The first-order chi connectivity index (χ1) is 15.6. The summed E-state index contributed by atoms with van der Waals surface area (Å²) in [5, 5.41) is 0. The molecule has 1 aromatic carbocycles. The SMILES string of the molecule is C[C@]12CC[C@H]3[C@@H](CCC4=CC(=O)CC[C@@]43C)[C@@H]1CC[C@@H]2CCOS(=O)(=O)c1ccc(Br)cc1. The van der Waals surface area contributed by atoms with E-state index in [4.69, 9.17) is 4.18 Å². The second-order valence-corrected chi connectivity index (χ2v) is 13.8. The van der Waals surface area contributed by atoms with Gasteiger partial charge in [0.15, 0.2) is 5.78 Å². The number of rotatable bonds is 5. The van der Waals surface area contributed by atoms with Gasteiger partial charge in [-0.25, -0.2) is 0 Å². The Hall–Kier alpha value is -0.980. The summed E-state index contributed by atoms with van der Waals surface area (Å²) >= 11 is 3.34. The maximum Gasteiger partial charge on any atom is 0.296 e. The van der Waals surface area contributed by atoms with Gasteiger partial charge >= 0.3 is 0 Å². The molecule has 3 fully saturated rings. The summed E-state index contributed by atoms with van der Waals surface area (Å²) in [4.78, 5) is 12.3. The molecule has 0 spiro atoms. The van der Waals surface area contributed by atoms with E-state index in [1.807, 2.05) is 6.08 Å². The molecule has 0 N–H and O–H groups in total. The van der Waals surface area contributed by atoms with Crippen LogP contribution < -0.4 is 0 Å². The maximum absolute atomic E-state index is 12.6. The van der Waals surface area contributed by atoms with Crippen LogP contribution in [0.2, 0.25) is 0 Å². The fourth-order valence-electron chi connectivity index (χ4n) is 8.11. The van der Waals surface area contributed by atoms with Crippen LogP contribution in [0.3, 0.4) is 0 Å². The van der Waals surface area contributed by atoms with Crippen LogP contribution in [0, 0.1) is 34.5 Å². The lowest BCUT2D eigenvalue weighted by Crippen LogP contribution is -2.50. The normalized spacial score (nSPS) is 38.3. The van der Waals surface area contributed by atoms with Gasteiger partial charge in [-0.1, -0.05) is 35.4 Å². The van der Waals surface area contributed by atoms with E-state index in [9.17, 15) is 13.2 Å². The largest absolute Gasteiger partial charge is 0.296 e. The number of hydrogen-bond acceptors (Lipinski definition) is 4. The van der Waals surface area contributed by atoms with Gasteiger partial charge in [0.25, 0.3) is 10.1 Å². The van der Waals surface area contributed by atoms with Crippen molar-refractivity contribution in [3.63, 3.8) is 0 Å². The minimum Gasteiger partial charge on any atom is -0.295 e. The number of allylic oxidation sites excluding steroid dienone is 1. The topological polar surface area (TPSA) is 60.4 Å². The van der Waals surface area contributed by atoms with E-state index >= 15 is 0 Å². The molecule has 6 heteroatoms. The fraction of sp³-hybridized carbons (Fsp3) is 0.667. The Morgan fingerprint density at radius 2 is 1.76 bits per heavy atom. The van der Waals surface area contributed by atoms with E-state index in [0.717, 1.165) is 29.7 Å². The average molecular weight is 536 g/mol. The molecule has 0 aromatic heterocycles. The molecule has 0 amide bonds. The van der Waals surface area contributed by atoms with Gasteiger partial charge in [-0.05, 0) is 116 Å². The highest BCUT2D eigenvalue weighted by molar-refractivity contribution is 9.10. The molecule has 0 aliphatic heterocycles. The highest BCUT2D eigenvalue weighted by Crippen LogP contribution is 2.67. The summed E-state index contributed by atoms with van der Waals surface area (Å²) in [5.74, 6) is 2.97. The number of carbonyl (C=O) groups is 1. The molecule has 33 heavy (non-hydrogen) atoms. The van der Waals surface area contributed by atoms with Gasteiger partial charge in [-0.2, -0.15) is 8.42 Å². The van der Waals surface area contributed by atoms with Crippen LogP contribution in [-0.4, -0.2) is 20.8 Å². The lowest BCUT2D eigenvalue weighted by atomic mass is 9.47. The highest BCUT2D eigenvalue weighted by Gasteiger charge is 2.58. The van der Waals surface area contributed by atoms with Gasteiger partial charge in [0.1, 0.15) is 0 Å². The van der Waals surface area contributed by atoms with Gasteiger partial charge in [0.05, 0.1) is 11.5 Å². The molecular weight excluding hydrogens is 500 g/mol. The zero-order valence-electron chi connectivity index (χ0n) is 19.7. The Morgan fingerprint density at radius 3 is 2.52 bits per heavy atom. The summed E-state index contributed by atoms with van der Waals surface area (Å²) in [7, 11) is -3.72. The zero-order valence-corrected chi connectivity index (χ0v) is 22.1. The summed E-state index contributed by atoms with van der Waals surface area (Å²) in [5.41, 5.74) is 1.90. The fourth-order valence-corrected chi connectivity index (χ4v) is 9.30. The standard InChI is InChI=1S/C27H35BrO4S/c1-26-15-12-25-23(9-3-19-17-21(29)11-14-27(19,25)2)24(26)10-4-18(26)13-16-32-33(30,31)22-7-5-20(28)6-8-22/h5-8,17-18,23-25H,3-4,9-16H2,1-2H3/t18-,23+,24+,25+,26-,27+/m1/s1. The van der Waals surface area contributed by atoms with Crippen molar-refractivity contribution in [1.29, 1.82) is 0 Å². The smallest absolute Gasteiger partial charge is 0.295 e. The van der Waals surface area contributed by atoms with Crippen LogP contribution in [0.5, 0.6) is 0 Å². The quantitative estimate of drug-likeness (QED) is 0.394. The van der Waals surface area contributed by atoms with E-state index < -0.39 is 10.1 Å². The first-order valence-electron chi connectivity index (χ1n) is 12.5. The van der Waals surface area contributed by atoms with Crippen LogP contribution in [0.15, 0.2) is 45.3 Å². The maximum atomic E-state index is 12.6. The molecule has 6 atom stereocenters. The highest BCUT2D eigenvalue weighted by atomic mass is 79.9. The first kappa shape index (κ1) is 23.7. The molecule has 4 nitrogen and oxygen atoms in total. The summed E-state index contributed by atoms with van der Waals surface area (Å²) in [6.45, 7) is 5.15. The number of ketones is 1. The van der Waals surface area contributed by atoms with E-state index in [1.165, 1.54) is 37.7 Å². The summed E-state index contributed by atoms with van der Waals surface area (Å²) in [6.07, 6.45) is 11.7. The molecule has 1 aromatic rings. The molecule has 0 radical (unpaired) electrons. The molecule has 0 bridgehead atoms. The number of carbonyl (C=O) groups excluding carboxylic acids is 1. The Morgan fingerprint density at radius 1 is 1.00 bits per heavy atom. The Labute approximate surface area is 206 Å². The van der Waals surface area contributed by atoms with Gasteiger partial charge in [0, 0.05) is 10.9 Å². The first-order valence-corrected chi connectivity index (χ1v) is 14.7. The number of halogens is 1. The van der Waals surface area contributed by atoms with Crippen molar-refractivity contribution < 1.29 is 17.4 Å². The van der Waals surface area contributed by atoms with Crippen molar-refractivity contribution in [3.05, 3.63) is 40.4 Å². The van der Waals surface area contributed by atoms with Crippen molar-refractivity contribution in [1.82, 2.24) is 0 Å². The average Bonchev–Trinajstić information content (AvgIpc) is 3.11. The van der Waals surface area contributed by atoms with Gasteiger partial charge < -0.3 is 0 Å². The lowest BCUT2D eigenvalue weighted by molar-refractivity contribution is -0.117. The molecule has 5 rings (SSSR count). The monoisotopic (exact) mass is 534 g/mol. The van der Waals surface area contributed by atoms with Crippen molar-refractivity contribution in [2.75, 3.05) is 6.61 Å². The van der Waals surface area contributed by atoms with Gasteiger partial charge in [0.2, 0.25) is 0 Å². The molecular formula is C27H35BrO4S. The van der Waals surface area contributed by atoms with Gasteiger partial charge in [-0.15, -0.1) is 0 Å². The lowest BCUT2D eigenvalue weighted by Gasteiger charge is -2.58. The molecule has 0 unspecified atom stereocenters. The molecule has 4 aliphatic carbocycles. The molecule has 180 valence electrons. The van der Waals surface area contributed by atoms with Crippen LogP contribution in [0.1, 0.15) is 71.6 Å². The van der Waals surface area contributed by atoms with E-state index in [0.29, 0.717) is 30.0 Å². The second-order valence-electron chi connectivity index (χ2n) is 11.3. The number of fused-ring (bicyclic) bond motifs is 5. The van der Waals surface area contributed by atoms with E-state index in [-0.39, 0.29) is 22.3 Å². The molecule has 3 saturated carbocycles. The van der Waals surface area contributed by atoms with Crippen molar-refractivity contribution >= 4 is 31.8 Å². The molecule has 0 saturated heterocycles. The van der Waals surface area contributed by atoms with Crippen LogP contribution in [0.25, 0.3) is 0 Å². The van der Waals surface area contributed by atoms with Crippen LogP contribution >= 0.6 is 15.9 Å². The van der Waals surface area contributed by atoms with Crippen molar-refractivity contribution in [3.8, 4) is 0 Å². The van der Waals surface area contributed by atoms with Crippen molar-refractivity contribution in [2.45, 2.75) is 76.5 Å². The summed E-state index contributed by atoms with van der Waals surface area (Å²) < 4.78 is 31.5. The third kappa shape index (κ3) is 4.08. The number of benzene rings is 1. The number of hydrogen-bond donors (Lipinski definition) is 0. The zero-order chi connectivity index (χ0) is 23.4. The Balaban J connectivity index is 1.25. The predicted octanol–water partition coefficient (Wildman–Crippen LogP) is 6.69. The van der Waals surface area contributed by atoms with Crippen molar-refractivity contribution in [2.24, 2.45) is 34.5 Å². The third-order valence-corrected chi connectivity index (χ3v) is 11.8. The van der Waals surface area contributed by atoms with Crippen LogP contribution in [0.4, 0.5) is 0 Å². The molecule has 0 heterocycles. The van der Waals surface area contributed by atoms with E-state index in [1.54, 1.807) is 24.3 Å². The predicted molar refractivity (Wildman–Crippen MR) is 132 cm³/mol. The molecule has 4 aliphatic rings. The van der Waals surface area contributed by atoms with E-state index in [2.05, 4.69) is 29.8 Å². The Kier molecular flexibility index (Phi) is 6.19. The minimum absolute atomic E-state index is 0.206. The van der Waals surface area contributed by atoms with Gasteiger partial charge in [-0.3, -0.25) is 8.98 Å². The van der Waals surface area contributed by atoms with Crippen LogP contribution in [-0.2, 0) is 19.1 Å². The minimum atomic E-state index is -3.72. The second kappa shape index (κ2) is 8.60.